The normalized spacial score (nSPS) is 15.8. The lowest BCUT2D eigenvalue weighted by Gasteiger charge is -2.36. The minimum absolute atomic E-state index is 0.0914. The summed E-state index contributed by atoms with van der Waals surface area (Å²) in [6, 6.07) is 4.30. The first-order valence-corrected chi connectivity index (χ1v) is 15.4. The summed E-state index contributed by atoms with van der Waals surface area (Å²) < 4.78 is 5.42. The molecule has 0 heterocycles. The highest BCUT2D eigenvalue weighted by Crippen LogP contribution is 2.29. The maximum Gasteiger partial charge on any atom is 0.408 e. The highest BCUT2D eigenvalue weighted by molar-refractivity contribution is 7.80. The van der Waals surface area contributed by atoms with Crippen molar-refractivity contribution in [2.24, 2.45) is 0 Å². The third-order valence-corrected chi connectivity index (χ3v) is 7.78. The molecular formula is C31H51N3O4S. The van der Waals surface area contributed by atoms with E-state index in [1.807, 2.05) is 32.0 Å². The molecule has 2 unspecified atom stereocenters. The van der Waals surface area contributed by atoms with Crippen molar-refractivity contribution in [3.05, 3.63) is 34.9 Å². The first-order valence-electron chi connectivity index (χ1n) is 14.8. The molecule has 0 aliphatic heterocycles. The highest BCUT2D eigenvalue weighted by atomic mass is 32.1. The lowest BCUT2D eigenvalue weighted by Crippen LogP contribution is -2.54. The van der Waals surface area contributed by atoms with Crippen LogP contribution in [0.3, 0.4) is 0 Å². The van der Waals surface area contributed by atoms with E-state index in [2.05, 4.69) is 30.2 Å². The molecule has 2 rings (SSSR count). The SMILES string of the molecule is CCCCCCCN(C(=O)C(CS)NC(=O)OC(C)(C)C)C(C(=O)NC1CCCCC1)c1cccc(C)c1C. The predicted molar refractivity (Wildman–Crippen MR) is 161 cm³/mol. The van der Waals surface area contributed by atoms with Crippen molar-refractivity contribution in [2.75, 3.05) is 12.3 Å². The summed E-state index contributed by atoms with van der Waals surface area (Å²) in [6.07, 6.45) is 9.69. The Morgan fingerprint density at radius 1 is 1.05 bits per heavy atom. The van der Waals surface area contributed by atoms with E-state index in [0.29, 0.717) is 6.54 Å². The van der Waals surface area contributed by atoms with Gasteiger partial charge in [-0.25, -0.2) is 4.79 Å². The van der Waals surface area contributed by atoms with Crippen LogP contribution < -0.4 is 10.6 Å². The summed E-state index contributed by atoms with van der Waals surface area (Å²) in [5.74, 6) is -0.391. The zero-order valence-electron chi connectivity index (χ0n) is 25.0. The van der Waals surface area contributed by atoms with Crippen molar-refractivity contribution in [1.82, 2.24) is 15.5 Å². The summed E-state index contributed by atoms with van der Waals surface area (Å²) >= 11 is 4.40. The molecule has 220 valence electrons. The van der Waals surface area contributed by atoms with Crippen LogP contribution in [0.5, 0.6) is 0 Å². The quantitative estimate of drug-likeness (QED) is 0.192. The molecule has 3 amide bonds. The number of unbranched alkanes of at least 4 members (excludes halogenated alkanes) is 4. The van der Waals surface area contributed by atoms with Gasteiger partial charge in [0.2, 0.25) is 11.8 Å². The van der Waals surface area contributed by atoms with Gasteiger partial charge in [0.25, 0.3) is 0 Å². The molecule has 1 aliphatic rings. The van der Waals surface area contributed by atoms with Gasteiger partial charge in [-0.1, -0.05) is 70.1 Å². The van der Waals surface area contributed by atoms with Crippen molar-refractivity contribution >= 4 is 30.5 Å². The van der Waals surface area contributed by atoms with Crippen LogP contribution in [0, 0.1) is 13.8 Å². The molecule has 1 saturated carbocycles. The summed E-state index contributed by atoms with van der Waals surface area (Å²) in [5.41, 5.74) is 2.18. The lowest BCUT2D eigenvalue weighted by molar-refractivity contribution is -0.142. The van der Waals surface area contributed by atoms with E-state index in [0.717, 1.165) is 74.5 Å². The number of ether oxygens (including phenoxy) is 1. The maximum absolute atomic E-state index is 14.1. The van der Waals surface area contributed by atoms with Gasteiger partial charge in [0.1, 0.15) is 17.7 Å². The second-order valence-corrected chi connectivity index (χ2v) is 12.2. The minimum Gasteiger partial charge on any atom is -0.444 e. The monoisotopic (exact) mass is 561 g/mol. The third kappa shape index (κ3) is 10.7. The van der Waals surface area contributed by atoms with Crippen LogP contribution in [0.4, 0.5) is 4.79 Å². The molecule has 0 saturated heterocycles. The number of hydrogen-bond acceptors (Lipinski definition) is 5. The third-order valence-electron chi connectivity index (χ3n) is 7.41. The molecule has 1 aromatic carbocycles. The van der Waals surface area contributed by atoms with Gasteiger partial charge < -0.3 is 20.3 Å². The molecule has 1 fully saturated rings. The van der Waals surface area contributed by atoms with E-state index >= 15 is 0 Å². The summed E-state index contributed by atoms with van der Waals surface area (Å²) in [6.45, 7) is 11.9. The molecule has 39 heavy (non-hydrogen) atoms. The number of aryl methyl sites for hydroxylation is 1. The number of nitrogens with one attached hydrogen (secondary N) is 2. The molecule has 2 atom stereocenters. The van der Waals surface area contributed by atoms with Crippen LogP contribution in [0.25, 0.3) is 0 Å². The molecule has 0 radical (unpaired) electrons. The Kier molecular flexibility index (Phi) is 13.7. The Labute approximate surface area is 241 Å². The fourth-order valence-corrected chi connectivity index (χ4v) is 5.38. The minimum atomic E-state index is -0.922. The maximum atomic E-state index is 14.1. The van der Waals surface area contributed by atoms with E-state index in [9.17, 15) is 14.4 Å². The second-order valence-electron chi connectivity index (χ2n) is 11.9. The average molecular weight is 562 g/mol. The van der Waals surface area contributed by atoms with Crippen molar-refractivity contribution in [3.8, 4) is 0 Å². The molecule has 1 aromatic rings. The van der Waals surface area contributed by atoms with Crippen LogP contribution >= 0.6 is 12.6 Å². The van der Waals surface area contributed by atoms with Crippen LogP contribution in [0.1, 0.15) is 115 Å². The molecule has 0 spiro atoms. The molecule has 2 N–H and O–H groups in total. The number of nitrogens with zero attached hydrogens (tertiary/aromatic N) is 1. The van der Waals surface area contributed by atoms with Gasteiger partial charge in [-0.05, 0) is 70.6 Å². The Bertz CT molecular complexity index is 940. The first kappa shape index (κ1) is 33.0. The Morgan fingerprint density at radius 2 is 1.72 bits per heavy atom. The van der Waals surface area contributed by atoms with E-state index in [1.165, 1.54) is 6.42 Å². The van der Waals surface area contributed by atoms with E-state index in [-0.39, 0.29) is 23.6 Å². The van der Waals surface area contributed by atoms with Gasteiger partial charge in [-0.15, -0.1) is 0 Å². The summed E-state index contributed by atoms with van der Waals surface area (Å²) in [7, 11) is 0. The number of benzene rings is 1. The van der Waals surface area contributed by atoms with Gasteiger partial charge in [0.15, 0.2) is 0 Å². The fraction of sp³-hybridized carbons (Fsp3) is 0.710. The number of rotatable bonds is 13. The van der Waals surface area contributed by atoms with Gasteiger partial charge in [-0.3, -0.25) is 9.59 Å². The Balaban J connectivity index is 2.44. The number of alkyl carbamates (subject to hydrolysis) is 1. The number of amides is 3. The largest absolute Gasteiger partial charge is 0.444 e. The van der Waals surface area contributed by atoms with E-state index in [1.54, 1.807) is 25.7 Å². The summed E-state index contributed by atoms with van der Waals surface area (Å²) in [4.78, 5) is 42.4. The predicted octanol–water partition coefficient (Wildman–Crippen LogP) is 6.42. The smallest absolute Gasteiger partial charge is 0.408 e. The lowest BCUT2D eigenvalue weighted by atomic mass is 9.92. The Hall–Kier alpha value is -2.22. The number of hydrogen-bond donors (Lipinski definition) is 3. The van der Waals surface area contributed by atoms with Crippen molar-refractivity contribution in [2.45, 2.75) is 129 Å². The fourth-order valence-electron chi connectivity index (χ4n) is 5.14. The van der Waals surface area contributed by atoms with Gasteiger partial charge in [0, 0.05) is 18.3 Å². The van der Waals surface area contributed by atoms with Crippen LogP contribution in [0.15, 0.2) is 18.2 Å². The molecule has 7 nitrogen and oxygen atoms in total. The highest BCUT2D eigenvalue weighted by Gasteiger charge is 2.37. The molecule has 0 bridgehead atoms. The molecule has 1 aliphatic carbocycles. The molecule has 0 aromatic heterocycles. The topological polar surface area (TPSA) is 87.7 Å². The van der Waals surface area contributed by atoms with Gasteiger partial charge >= 0.3 is 6.09 Å². The average Bonchev–Trinajstić information content (AvgIpc) is 2.87. The zero-order valence-corrected chi connectivity index (χ0v) is 25.9. The summed E-state index contributed by atoms with van der Waals surface area (Å²) in [5, 5.41) is 5.98. The zero-order chi connectivity index (χ0) is 29.0. The van der Waals surface area contributed by atoms with E-state index in [4.69, 9.17) is 4.74 Å². The van der Waals surface area contributed by atoms with Crippen molar-refractivity contribution in [1.29, 1.82) is 0 Å². The van der Waals surface area contributed by atoms with Gasteiger partial charge in [0.05, 0.1) is 0 Å². The van der Waals surface area contributed by atoms with Crippen LogP contribution in [0.2, 0.25) is 0 Å². The van der Waals surface area contributed by atoms with Gasteiger partial charge in [-0.2, -0.15) is 12.6 Å². The number of carbonyl (C=O) groups is 3. The Morgan fingerprint density at radius 3 is 2.33 bits per heavy atom. The first-order chi connectivity index (χ1) is 18.5. The van der Waals surface area contributed by atoms with Crippen molar-refractivity contribution in [3.63, 3.8) is 0 Å². The molecule has 8 heteroatoms. The van der Waals surface area contributed by atoms with E-state index < -0.39 is 23.8 Å². The standard InChI is InChI=1S/C31H51N3O4S/c1-7-8-9-10-14-20-34(29(36)26(21-39)33-30(37)38-31(4,5)6)27(25-19-15-16-22(2)23(25)3)28(35)32-24-17-12-11-13-18-24/h15-16,19,24,26-27,39H,7-14,17-18,20-21H2,1-6H3,(H,32,35)(H,33,37). The molecular weight excluding hydrogens is 510 g/mol. The van der Waals surface area contributed by atoms with Crippen LogP contribution in [-0.2, 0) is 14.3 Å². The van der Waals surface area contributed by atoms with Crippen molar-refractivity contribution < 1.29 is 19.1 Å². The van der Waals surface area contributed by atoms with Crippen LogP contribution in [-0.4, -0.2) is 52.8 Å². The number of thiol groups is 1. The number of carbonyl (C=O) groups excluding carboxylic acids is 3. The second kappa shape index (κ2) is 16.1.